The number of hydrogen-bond donors (Lipinski definition) is 1. The van der Waals surface area contributed by atoms with Gasteiger partial charge in [-0.2, -0.15) is 4.98 Å². The van der Waals surface area contributed by atoms with Crippen LogP contribution in [0, 0.1) is 0 Å². The molecule has 0 saturated heterocycles. The zero-order chi connectivity index (χ0) is 22.1. The molecule has 0 unspecified atom stereocenters. The third-order valence-electron chi connectivity index (χ3n) is 6.04. The molecule has 3 aromatic rings. The number of ether oxygens (including phenoxy) is 2. The second kappa shape index (κ2) is 8.49. The molecular formula is C22H29N5O4. The van der Waals surface area contributed by atoms with Gasteiger partial charge in [0.25, 0.3) is 5.56 Å². The monoisotopic (exact) mass is 427 g/mol. The van der Waals surface area contributed by atoms with E-state index in [4.69, 9.17) is 9.47 Å². The predicted molar refractivity (Wildman–Crippen MR) is 119 cm³/mol. The van der Waals surface area contributed by atoms with Gasteiger partial charge in [0.15, 0.2) is 11.2 Å². The summed E-state index contributed by atoms with van der Waals surface area (Å²) in [7, 11) is 6.34. The van der Waals surface area contributed by atoms with Gasteiger partial charge in [0.2, 0.25) is 5.95 Å². The maximum Gasteiger partial charge on any atom is 0.332 e. The van der Waals surface area contributed by atoms with Crippen LogP contribution in [0.15, 0.2) is 27.8 Å². The smallest absolute Gasteiger partial charge is 0.332 e. The Morgan fingerprint density at radius 3 is 2.26 bits per heavy atom. The molecule has 1 saturated carbocycles. The first-order valence-corrected chi connectivity index (χ1v) is 10.6. The van der Waals surface area contributed by atoms with E-state index in [0.717, 1.165) is 23.0 Å². The molecule has 1 aliphatic rings. The maximum atomic E-state index is 13.1. The molecule has 0 radical (unpaired) electrons. The Kier molecular flexibility index (Phi) is 5.75. The van der Waals surface area contributed by atoms with Gasteiger partial charge in [-0.05, 0) is 30.5 Å². The Hall–Kier alpha value is -3.23. The third-order valence-corrected chi connectivity index (χ3v) is 6.04. The van der Waals surface area contributed by atoms with Crippen molar-refractivity contribution in [3.8, 4) is 11.5 Å². The van der Waals surface area contributed by atoms with Crippen molar-refractivity contribution >= 4 is 17.1 Å². The third kappa shape index (κ3) is 3.92. The number of hydrogen-bond acceptors (Lipinski definition) is 6. The van der Waals surface area contributed by atoms with Gasteiger partial charge >= 0.3 is 5.69 Å². The Balaban J connectivity index is 1.88. The summed E-state index contributed by atoms with van der Waals surface area (Å²) in [6.45, 7) is 0.382. The molecule has 0 atom stereocenters. The molecule has 31 heavy (non-hydrogen) atoms. The molecule has 0 amide bonds. The summed E-state index contributed by atoms with van der Waals surface area (Å²) in [6, 6.07) is 5.92. The highest BCUT2D eigenvalue weighted by atomic mass is 16.5. The molecule has 9 nitrogen and oxygen atoms in total. The molecule has 1 aromatic carbocycles. The lowest BCUT2D eigenvalue weighted by Crippen LogP contribution is -2.37. The summed E-state index contributed by atoms with van der Waals surface area (Å²) in [4.78, 5) is 30.2. The molecule has 1 aliphatic carbocycles. The first-order valence-electron chi connectivity index (χ1n) is 10.6. The van der Waals surface area contributed by atoms with Crippen LogP contribution in [0.4, 0.5) is 5.95 Å². The van der Waals surface area contributed by atoms with Crippen molar-refractivity contribution in [1.29, 1.82) is 0 Å². The van der Waals surface area contributed by atoms with Gasteiger partial charge in [-0.15, -0.1) is 0 Å². The zero-order valence-corrected chi connectivity index (χ0v) is 18.5. The lowest BCUT2D eigenvalue weighted by Gasteiger charge is -2.23. The van der Waals surface area contributed by atoms with Crippen LogP contribution in [0.25, 0.3) is 11.2 Å². The first kappa shape index (κ1) is 21.0. The molecule has 0 bridgehead atoms. The van der Waals surface area contributed by atoms with Crippen molar-refractivity contribution in [3.63, 3.8) is 0 Å². The fraction of sp³-hybridized carbons (Fsp3) is 0.500. The second-order valence-electron chi connectivity index (χ2n) is 8.10. The number of imidazole rings is 1. The number of aromatic nitrogens is 4. The number of benzene rings is 1. The number of fused-ring (bicyclic) bond motifs is 1. The standard InChI is InChI=1S/C22H29N5O4/c1-25-19-18(20(28)26(2)22(25)29)27(21(24-19)23-15-8-6-5-7-9-15)13-14-10-16(30-3)12-17(11-14)31-4/h10-12,15H,5-9,13H2,1-4H3,(H,23,24). The number of nitrogens with one attached hydrogen (secondary N) is 1. The molecule has 0 aliphatic heterocycles. The average molecular weight is 428 g/mol. The zero-order valence-electron chi connectivity index (χ0n) is 18.5. The van der Waals surface area contributed by atoms with Gasteiger partial charge in [-0.25, -0.2) is 4.79 Å². The van der Waals surface area contributed by atoms with E-state index >= 15 is 0 Å². The van der Waals surface area contributed by atoms with Crippen LogP contribution in [0.2, 0.25) is 0 Å². The van der Waals surface area contributed by atoms with E-state index in [-0.39, 0.29) is 5.56 Å². The molecule has 1 N–H and O–H groups in total. The lowest BCUT2D eigenvalue weighted by atomic mass is 9.96. The largest absolute Gasteiger partial charge is 0.497 e. The van der Waals surface area contributed by atoms with E-state index in [1.165, 1.54) is 30.9 Å². The van der Waals surface area contributed by atoms with Crippen molar-refractivity contribution in [1.82, 2.24) is 18.7 Å². The summed E-state index contributed by atoms with van der Waals surface area (Å²) in [5, 5.41) is 3.54. The van der Waals surface area contributed by atoms with E-state index in [9.17, 15) is 9.59 Å². The lowest BCUT2D eigenvalue weighted by molar-refractivity contribution is 0.393. The van der Waals surface area contributed by atoms with Crippen molar-refractivity contribution in [2.75, 3.05) is 19.5 Å². The van der Waals surface area contributed by atoms with Gasteiger partial charge in [-0.1, -0.05) is 19.3 Å². The summed E-state index contributed by atoms with van der Waals surface area (Å²) < 4.78 is 15.2. The number of methoxy groups -OCH3 is 2. The topological polar surface area (TPSA) is 92.3 Å². The Morgan fingerprint density at radius 2 is 1.65 bits per heavy atom. The number of anilines is 1. The Bertz CT molecular complexity index is 1200. The highest BCUT2D eigenvalue weighted by molar-refractivity contribution is 5.74. The van der Waals surface area contributed by atoms with Crippen molar-refractivity contribution in [3.05, 3.63) is 44.6 Å². The highest BCUT2D eigenvalue weighted by Gasteiger charge is 2.22. The van der Waals surface area contributed by atoms with Crippen LogP contribution in [0.1, 0.15) is 37.7 Å². The summed E-state index contributed by atoms with van der Waals surface area (Å²) in [5.41, 5.74) is 0.913. The van der Waals surface area contributed by atoms with Gasteiger partial charge in [-0.3, -0.25) is 18.5 Å². The molecule has 9 heteroatoms. The van der Waals surface area contributed by atoms with E-state index < -0.39 is 5.69 Å². The van der Waals surface area contributed by atoms with Gasteiger partial charge in [0.05, 0.1) is 20.8 Å². The second-order valence-corrected chi connectivity index (χ2v) is 8.10. The minimum absolute atomic E-state index is 0.296. The maximum absolute atomic E-state index is 13.1. The van der Waals surface area contributed by atoms with Gasteiger partial charge in [0, 0.05) is 26.2 Å². The Labute approximate surface area is 180 Å². The summed E-state index contributed by atoms with van der Waals surface area (Å²) >= 11 is 0. The van der Waals surface area contributed by atoms with E-state index in [1.54, 1.807) is 27.3 Å². The van der Waals surface area contributed by atoms with Crippen LogP contribution >= 0.6 is 0 Å². The average Bonchev–Trinajstić information content (AvgIpc) is 3.14. The molecule has 166 valence electrons. The quantitative estimate of drug-likeness (QED) is 0.649. The normalized spacial score (nSPS) is 14.7. The number of rotatable bonds is 6. The minimum atomic E-state index is -0.394. The van der Waals surface area contributed by atoms with Crippen LogP contribution < -0.4 is 26.0 Å². The molecule has 1 fully saturated rings. The first-order chi connectivity index (χ1) is 14.9. The van der Waals surface area contributed by atoms with Crippen LogP contribution in [-0.2, 0) is 20.6 Å². The number of nitrogens with zero attached hydrogens (tertiary/aromatic N) is 4. The molecule has 2 heterocycles. The van der Waals surface area contributed by atoms with Crippen LogP contribution in [0.3, 0.4) is 0 Å². The van der Waals surface area contributed by atoms with Crippen LogP contribution in [-0.4, -0.2) is 38.9 Å². The summed E-state index contributed by atoms with van der Waals surface area (Å²) in [5.74, 6) is 1.93. The van der Waals surface area contributed by atoms with Crippen molar-refractivity contribution in [2.24, 2.45) is 14.1 Å². The fourth-order valence-electron chi connectivity index (χ4n) is 4.28. The minimum Gasteiger partial charge on any atom is -0.497 e. The molecular weight excluding hydrogens is 398 g/mol. The fourth-order valence-corrected chi connectivity index (χ4v) is 4.28. The highest BCUT2D eigenvalue weighted by Crippen LogP contribution is 2.27. The SMILES string of the molecule is COc1cc(Cn2c(NC3CCCCC3)nc3c2c(=O)n(C)c(=O)n3C)cc(OC)c1. The van der Waals surface area contributed by atoms with Crippen molar-refractivity contribution in [2.45, 2.75) is 44.7 Å². The molecule has 2 aromatic heterocycles. The number of aryl methyl sites for hydroxylation is 1. The van der Waals surface area contributed by atoms with Crippen molar-refractivity contribution < 1.29 is 9.47 Å². The summed E-state index contributed by atoms with van der Waals surface area (Å²) in [6.07, 6.45) is 5.71. The van der Waals surface area contributed by atoms with E-state index in [2.05, 4.69) is 10.3 Å². The molecule has 4 rings (SSSR count). The van der Waals surface area contributed by atoms with E-state index in [1.807, 2.05) is 16.7 Å². The van der Waals surface area contributed by atoms with Gasteiger partial charge in [0.1, 0.15) is 11.5 Å². The Morgan fingerprint density at radius 1 is 1.00 bits per heavy atom. The molecule has 0 spiro atoms. The predicted octanol–water partition coefficient (Wildman–Crippen LogP) is 2.24. The van der Waals surface area contributed by atoms with E-state index in [0.29, 0.717) is 41.2 Å². The van der Waals surface area contributed by atoms with Crippen LogP contribution in [0.5, 0.6) is 11.5 Å². The van der Waals surface area contributed by atoms with Gasteiger partial charge < -0.3 is 14.8 Å².